The predicted molar refractivity (Wildman–Crippen MR) is 129 cm³/mol. The second-order valence-electron chi connectivity index (χ2n) is 9.56. The van der Waals surface area contributed by atoms with Crippen LogP contribution in [0.5, 0.6) is 0 Å². The van der Waals surface area contributed by atoms with Crippen molar-refractivity contribution in [2.45, 2.75) is 32.6 Å². The van der Waals surface area contributed by atoms with E-state index < -0.39 is 0 Å². The fourth-order valence-electron chi connectivity index (χ4n) is 5.50. The van der Waals surface area contributed by atoms with Gasteiger partial charge in [-0.25, -0.2) is 0 Å². The van der Waals surface area contributed by atoms with Crippen molar-refractivity contribution in [1.29, 1.82) is 0 Å². The van der Waals surface area contributed by atoms with Crippen LogP contribution in [-0.2, 0) is 4.79 Å². The van der Waals surface area contributed by atoms with E-state index in [1.807, 2.05) is 53.9 Å². The van der Waals surface area contributed by atoms with Crippen LogP contribution in [0.4, 0.5) is 5.69 Å². The van der Waals surface area contributed by atoms with E-state index in [2.05, 4.69) is 36.9 Å². The number of para-hydroxylation sites is 1. The van der Waals surface area contributed by atoms with E-state index in [0.717, 1.165) is 50.7 Å². The molecular weight excluding hydrogens is 414 g/mol. The van der Waals surface area contributed by atoms with Gasteiger partial charge in [-0.1, -0.05) is 62.4 Å². The number of Topliss-reactive ketones (excluding diaryl/α,β-unsaturated/α-hetero) is 2. The second kappa shape index (κ2) is 6.88. The molecule has 0 saturated heterocycles. The lowest BCUT2D eigenvalue weighted by Crippen LogP contribution is -2.39. The normalized spacial score (nSPS) is 21.6. The third kappa shape index (κ3) is 2.72. The fourth-order valence-corrected chi connectivity index (χ4v) is 6.35. The minimum absolute atomic E-state index is 0.0408. The molecular formula is C28H23NO2S. The monoisotopic (exact) mass is 437 g/mol. The molecule has 158 valence electrons. The number of hydrogen-bond donors (Lipinski definition) is 0. The maximum absolute atomic E-state index is 13.8. The van der Waals surface area contributed by atoms with Crippen LogP contribution in [0.15, 0.2) is 89.0 Å². The average molecular weight is 438 g/mol. The molecule has 1 aromatic heterocycles. The Labute approximate surface area is 191 Å². The summed E-state index contributed by atoms with van der Waals surface area (Å²) in [6, 6.07) is 22.1. The minimum atomic E-state index is -0.302. The summed E-state index contributed by atoms with van der Waals surface area (Å²) in [5, 5.41) is 2.03. The van der Waals surface area contributed by atoms with Gasteiger partial charge in [0, 0.05) is 45.0 Å². The standard InChI is InChI=1S/C28H23NO2S/c1-28(2)15-20-23(21(30)16-28)24(22-13-8-14-32-22)25-26(29(20)17-9-4-3-5-10-17)18-11-6-7-12-19(18)27(25)31/h3-14,24H,15-16H2,1-2H3. The highest BCUT2D eigenvalue weighted by atomic mass is 32.1. The number of fused-ring (bicyclic) bond motifs is 2. The molecule has 0 saturated carbocycles. The van der Waals surface area contributed by atoms with Crippen molar-refractivity contribution < 1.29 is 9.59 Å². The van der Waals surface area contributed by atoms with Gasteiger partial charge in [-0.2, -0.15) is 0 Å². The molecule has 3 aromatic rings. The molecule has 0 radical (unpaired) electrons. The Bertz CT molecular complexity index is 1330. The van der Waals surface area contributed by atoms with Crippen molar-refractivity contribution in [3.05, 3.63) is 105 Å². The quantitative estimate of drug-likeness (QED) is 0.453. The van der Waals surface area contributed by atoms with Crippen LogP contribution >= 0.6 is 11.3 Å². The number of rotatable bonds is 2. The number of anilines is 1. The van der Waals surface area contributed by atoms with Crippen molar-refractivity contribution in [3.63, 3.8) is 0 Å². The molecule has 6 rings (SSSR count). The molecule has 1 unspecified atom stereocenters. The van der Waals surface area contributed by atoms with Gasteiger partial charge < -0.3 is 4.90 Å². The van der Waals surface area contributed by atoms with E-state index in [-0.39, 0.29) is 22.9 Å². The third-order valence-electron chi connectivity index (χ3n) is 6.74. The molecule has 2 aromatic carbocycles. The molecule has 0 amide bonds. The second-order valence-corrected chi connectivity index (χ2v) is 10.5. The molecule has 0 spiro atoms. The molecule has 3 nitrogen and oxygen atoms in total. The van der Waals surface area contributed by atoms with Gasteiger partial charge >= 0.3 is 0 Å². The van der Waals surface area contributed by atoms with Gasteiger partial charge in [-0.3, -0.25) is 9.59 Å². The summed E-state index contributed by atoms with van der Waals surface area (Å²) in [7, 11) is 0. The van der Waals surface area contributed by atoms with E-state index in [9.17, 15) is 9.59 Å². The Balaban J connectivity index is 1.71. The number of thiophene rings is 1. The van der Waals surface area contributed by atoms with E-state index in [1.165, 1.54) is 0 Å². The molecule has 1 aliphatic heterocycles. The molecule has 4 heteroatoms. The molecule has 0 N–H and O–H groups in total. The maximum atomic E-state index is 13.8. The summed E-state index contributed by atoms with van der Waals surface area (Å²) in [6.45, 7) is 4.32. The summed E-state index contributed by atoms with van der Waals surface area (Å²) in [6.07, 6.45) is 1.29. The van der Waals surface area contributed by atoms with Gasteiger partial charge in [0.1, 0.15) is 0 Å². The molecule has 3 aliphatic rings. The van der Waals surface area contributed by atoms with E-state index in [4.69, 9.17) is 0 Å². The summed E-state index contributed by atoms with van der Waals surface area (Å²) >= 11 is 1.62. The van der Waals surface area contributed by atoms with Crippen LogP contribution in [0, 0.1) is 5.41 Å². The Hall–Kier alpha value is -3.24. The Morgan fingerprint density at radius 2 is 1.56 bits per heavy atom. The molecule has 32 heavy (non-hydrogen) atoms. The number of nitrogens with zero attached hydrogens (tertiary/aromatic N) is 1. The highest BCUT2D eigenvalue weighted by molar-refractivity contribution is 7.10. The molecule has 1 atom stereocenters. The van der Waals surface area contributed by atoms with Gasteiger partial charge in [0.25, 0.3) is 0 Å². The summed E-state index contributed by atoms with van der Waals surface area (Å²) in [4.78, 5) is 30.8. The average Bonchev–Trinajstić information content (AvgIpc) is 3.40. The van der Waals surface area contributed by atoms with Crippen molar-refractivity contribution in [1.82, 2.24) is 0 Å². The lowest BCUT2D eigenvalue weighted by Gasteiger charge is -2.44. The summed E-state index contributed by atoms with van der Waals surface area (Å²) in [5.74, 6) is -0.103. The minimum Gasteiger partial charge on any atom is -0.313 e. The topological polar surface area (TPSA) is 37.4 Å². The van der Waals surface area contributed by atoms with Gasteiger partial charge in [0.05, 0.1) is 11.6 Å². The molecule has 2 heterocycles. The Morgan fingerprint density at radius 3 is 2.28 bits per heavy atom. The smallest absolute Gasteiger partial charge is 0.192 e. The van der Waals surface area contributed by atoms with Crippen molar-refractivity contribution >= 4 is 34.3 Å². The van der Waals surface area contributed by atoms with Crippen LogP contribution in [-0.4, -0.2) is 11.6 Å². The zero-order valence-electron chi connectivity index (χ0n) is 18.1. The fraction of sp³-hybridized carbons (Fsp3) is 0.214. The van der Waals surface area contributed by atoms with Crippen molar-refractivity contribution in [2.75, 3.05) is 4.90 Å². The first kappa shape index (κ1) is 19.4. The highest BCUT2D eigenvalue weighted by Crippen LogP contribution is 2.56. The van der Waals surface area contributed by atoms with Crippen molar-refractivity contribution in [2.24, 2.45) is 5.41 Å². The molecule has 0 bridgehead atoms. The predicted octanol–water partition coefficient (Wildman–Crippen LogP) is 6.60. The lowest BCUT2D eigenvalue weighted by atomic mass is 9.69. The van der Waals surface area contributed by atoms with Crippen LogP contribution in [0.3, 0.4) is 0 Å². The van der Waals surface area contributed by atoms with Crippen LogP contribution in [0.1, 0.15) is 53.4 Å². The van der Waals surface area contributed by atoms with Gasteiger partial charge in [0.15, 0.2) is 11.6 Å². The zero-order chi connectivity index (χ0) is 22.0. The number of benzene rings is 2. The molecule has 0 fully saturated rings. The number of hydrogen-bond acceptors (Lipinski definition) is 4. The SMILES string of the molecule is CC1(C)CC(=O)C2=C(C1)N(c1ccccc1)C1=C(C(=O)c3ccccc31)C2c1cccs1. The number of carbonyl (C=O) groups is 2. The summed E-state index contributed by atoms with van der Waals surface area (Å²) in [5.41, 5.74) is 6.07. The number of allylic oxidation sites excluding steroid dienone is 3. The number of carbonyl (C=O) groups excluding carboxylic acids is 2. The first-order valence-corrected chi connectivity index (χ1v) is 11.9. The van der Waals surface area contributed by atoms with Crippen LogP contribution < -0.4 is 4.90 Å². The Morgan fingerprint density at radius 1 is 0.844 bits per heavy atom. The highest BCUT2D eigenvalue weighted by Gasteiger charge is 2.49. The van der Waals surface area contributed by atoms with Crippen molar-refractivity contribution in [3.8, 4) is 0 Å². The maximum Gasteiger partial charge on any atom is 0.192 e. The first-order chi connectivity index (χ1) is 15.5. The zero-order valence-corrected chi connectivity index (χ0v) is 18.9. The molecule has 2 aliphatic carbocycles. The Kier molecular flexibility index (Phi) is 4.18. The van der Waals surface area contributed by atoms with Crippen LogP contribution in [0.25, 0.3) is 5.70 Å². The number of ketones is 2. The largest absolute Gasteiger partial charge is 0.313 e. The summed E-state index contributed by atoms with van der Waals surface area (Å²) < 4.78 is 0. The van der Waals surface area contributed by atoms with E-state index >= 15 is 0 Å². The lowest BCUT2D eigenvalue weighted by molar-refractivity contribution is -0.118. The van der Waals surface area contributed by atoms with Gasteiger partial charge in [-0.05, 0) is 35.4 Å². The van der Waals surface area contributed by atoms with E-state index in [0.29, 0.717) is 6.42 Å². The van der Waals surface area contributed by atoms with Gasteiger partial charge in [0.2, 0.25) is 0 Å². The van der Waals surface area contributed by atoms with Gasteiger partial charge in [-0.15, -0.1) is 11.3 Å². The first-order valence-electron chi connectivity index (χ1n) is 11.0. The van der Waals surface area contributed by atoms with E-state index in [1.54, 1.807) is 11.3 Å². The van der Waals surface area contributed by atoms with Crippen LogP contribution in [0.2, 0.25) is 0 Å². The third-order valence-corrected chi connectivity index (χ3v) is 7.67.